The average Bonchev–Trinajstić information content (AvgIpc) is 2.18. The molecule has 4 nitrogen and oxygen atoms in total. The number of anilines is 1. The summed E-state index contributed by atoms with van der Waals surface area (Å²) in [5, 5.41) is 9.59. The summed E-state index contributed by atoms with van der Waals surface area (Å²) in [6.07, 6.45) is -0.142. The van der Waals surface area contributed by atoms with Crippen molar-refractivity contribution < 1.29 is 9.90 Å². The van der Waals surface area contributed by atoms with Crippen LogP contribution in [0.15, 0.2) is 30.3 Å². The fraction of sp³-hybridized carbons (Fsp3) is 0.0909. The van der Waals surface area contributed by atoms with E-state index in [0.717, 1.165) is 10.9 Å². The van der Waals surface area contributed by atoms with E-state index in [2.05, 4.69) is 4.98 Å². The second kappa shape index (κ2) is 3.57. The van der Waals surface area contributed by atoms with E-state index < -0.39 is 5.97 Å². The van der Waals surface area contributed by atoms with E-state index in [9.17, 15) is 4.79 Å². The van der Waals surface area contributed by atoms with Gasteiger partial charge in [-0.05, 0) is 12.1 Å². The topological polar surface area (TPSA) is 76.2 Å². The predicted molar refractivity (Wildman–Crippen MR) is 57.5 cm³/mol. The largest absolute Gasteiger partial charge is 0.481 e. The highest BCUT2D eigenvalue weighted by molar-refractivity contribution is 5.83. The molecule has 1 aromatic heterocycles. The van der Waals surface area contributed by atoms with Crippen LogP contribution in [0.4, 0.5) is 5.69 Å². The molecular formula is C11H10N2O2. The Balaban J connectivity index is 2.56. The number of para-hydroxylation sites is 1. The Hall–Kier alpha value is -2.10. The first kappa shape index (κ1) is 9.45. The van der Waals surface area contributed by atoms with E-state index >= 15 is 0 Å². The minimum atomic E-state index is -0.926. The zero-order valence-corrected chi connectivity index (χ0v) is 7.97. The van der Waals surface area contributed by atoms with Crippen molar-refractivity contribution in [3.63, 3.8) is 0 Å². The number of aromatic nitrogens is 1. The summed E-state index contributed by atoms with van der Waals surface area (Å²) in [5.74, 6) is -0.926. The van der Waals surface area contributed by atoms with Crippen LogP contribution in [-0.2, 0) is 11.2 Å². The van der Waals surface area contributed by atoms with Crippen molar-refractivity contribution in [2.75, 3.05) is 5.73 Å². The fourth-order valence-electron chi connectivity index (χ4n) is 1.46. The Kier molecular flexibility index (Phi) is 2.25. The highest BCUT2D eigenvalue weighted by atomic mass is 16.4. The molecule has 0 bridgehead atoms. The van der Waals surface area contributed by atoms with Gasteiger partial charge in [-0.1, -0.05) is 18.2 Å². The van der Waals surface area contributed by atoms with Gasteiger partial charge in [-0.15, -0.1) is 0 Å². The zero-order chi connectivity index (χ0) is 10.8. The van der Waals surface area contributed by atoms with Gasteiger partial charge in [-0.2, -0.15) is 0 Å². The molecule has 4 heteroatoms. The summed E-state index contributed by atoms with van der Waals surface area (Å²) in [6.45, 7) is 0. The molecule has 0 saturated carbocycles. The number of carboxylic acid groups (broad SMARTS) is 1. The van der Waals surface area contributed by atoms with Crippen LogP contribution in [0.5, 0.6) is 0 Å². The van der Waals surface area contributed by atoms with E-state index in [4.69, 9.17) is 10.8 Å². The minimum Gasteiger partial charge on any atom is -0.481 e. The van der Waals surface area contributed by atoms with Gasteiger partial charge in [0.2, 0.25) is 0 Å². The molecule has 76 valence electrons. The molecule has 0 aliphatic heterocycles. The molecule has 3 N–H and O–H groups in total. The van der Waals surface area contributed by atoms with Crippen LogP contribution < -0.4 is 5.73 Å². The maximum absolute atomic E-state index is 10.6. The molecule has 0 atom stereocenters. The number of carboxylic acids is 1. The molecule has 1 heterocycles. The van der Waals surface area contributed by atoms with Gasteiger partial charge < -0.3 is 10.8 Å². The summed E-state index contributed by atoms with van der Waals surface area (Å²) in [6, 6.07) is 9.22. The molecule has 0 fully saturated rings. The highest BCUT2D eigenvalue weighted by Gasteiger charge is 2.07. The fourth-order valence-corrected chi connectivity index (χ4v) is 1.46. The van der Waals surface area contributed by atoms with Gasteiger partial charge in [0.15, 0.2) is 0 Å². The van der Waals surface area contributed by atoms with Gasteiger partial charge in [-0.3, -0.25) is 9.78 Å². The molecule has 0 spiro atoms. The summed E-state index contributed by atoms with van der Waals surface area (Å²) in [7, 11) is 0. The Morgan fingerprint density at radius 3 is 2.87 bits per heavy atom. The van der Waals surface area contributed by atoms with Crippen LogP contribution >= 0.6 is 0 Å². The lowest BCUT2D eigenvalue weighted by molar-refractivity contribution is -0.136. The summed E-state index contributed by atoms with van der Waals surface area (Å²) >= 11 is 0. The normalized spacial score (nSPS) is 10.4. The SMILES string of the molecule is Nc1cc2ccccc2nc1CC(=O)O. The van der Waals surface area contributed by atoms with Crippen molar-refractivity contribution in [3.8, 4) is 0 Å². The zero-order valence-electron chi connectivity index (χ0n) is 7.97. The minimum absolute atomic E-state index is 0.142. The molecule has 2 rings (SSSR count). The van der Waals surface area contributed by atoms with E-state index in [1.807, 2.05) is 24.3 Å². The summed E-state index contributed by atoms with van der Waals surface area (Å²) in [4.78, 5) is 14.8. The number of aliphatic carboxylic acids is 1. The van der Waals surface area contributed by atoms with Crippen molar-refractivity contribution >= 4 is 22.6 Å². The number of fused-ring (bicyclic) bond motifs is 1. The standard InChI is InChI=1S/C11H10N2O2/c12-8-5-7-3-1-2-4-9(7)13-10(8)6-11(14)15/h1-5H,6,12H2,(H,14,15). The van der Waals surface area contributed by atoms with E-state index in [1.54, 1.807) is 6.07 Å². The number of nitrogen functional groups attached to an aromatic ring is 1. The molecule has 1 aromatic carbocycles. The third-order valence-corrected chi connectivity index (χ3v) is 2.16. The lowest BCUT2D eigenvalue weighted by atomic mass is 10.1. The molecule has 0 amide bonds. The third-order valence-electron chi connectivity index (χ3n) is 2.16. The van der Waals surface area contributed by atoms with Crippen LogP contribution in [0.3, 0.4) is 0 Å². The van der Waals surface area contributed by atoms with E-state index in [0.29, 0.717) is 11.4 Å². The number of rotatable bonds is 2. The number of hydrogen-bond acceptors (Lipinski definition) is 3. The van der Waals surface area contributed by atoms with Gasteiger partial charge in [-0.25, -0.2) is 0 Å². The molecule has 2 aromatic rings. The Morgan fingerprint density at radius 2 is 2.13 bits per heavy atom. The second-order valence-electron chi connectivity index (χ2n) is 3.29. The van der Waals surface area contributed by atoms with Gasteiger partial charge in [0.1, 0.15) is 0 Å². The summed E-state index contributed by atoms with van der Waals surface area (Å²) in [5.41, 5.74) is 7.32. The molecule has 0 aliphatic carbocycles. The molecule has 0 aliphatic rings. The summed E-state index contributed by atoms with van der Waals surface area (Å²) < 4.78 is 0. The average molecular weight is 202 g/mol. The highest BCUT2D eigenvalue weighted by Crippen LogP contribution is 2.18. The van der Waals surface area contributed by atoms with Gasteiger partial charge in [0, 0.05) is 5.39 Å². The predicted octanol–water partition coefficient (Wildman–Crippen LogP) is 1.44. The van der Waals surface area contributed by atoms with Crippen molar-refractivity contribution in [1.82, 2.24) is 4.98 Å². The Bertz CT molecular complexity index is 523. The van der Waals surface area contributed by atoms with Crippen LogP contribution in [0.25, 0.3) is 10.9 Å². The molecular weight excluding hydrogens is 192 g/mol. The first-order valence-electron chi connectivity index (χ1n) is 4.53. The molecule has 15 heavy (non-hydrogen) atoms. The maximum atomic E-state index is 10.6. The Morgan fingerprint density at radius 1 is 1.40 bits per heavy atom. The quantitative estimate of drug-likeness (QED) is 0.772. The number of pyridine rings is 1. The lowest BCUT2D eigenvalue weighted by Gasteiger charge is -2.04. The van der Waals surface area contributed by atoms with E-state index in [-0.39, 0.29) is 6.42 Å². The lowest BCUT2D eigenvalue weighted by Crippen LogP contribution is -2.06. The van der Waals surface area contributed by atoms with Crippen molar-refractivity contribution in [1.29, 1.82) is 0 Å². The molecule has 0 radical (unpaired) electrons. The molecule has 0 unspecified atom stereocenters. The Labute approximate surface area is 86.4 Å². The second-order valence-corrected chi connectivity index (χ2v) is 3.29. The number of nitrogens with zero attached hydrogens (tertiary/aromatic N) is 1. The third kappa shape index (κ3) is 1.88. The van der Waals surface area contributed by atoms with Crippen LogP contribution in [-0.4, -0.2) is 16.1 Å². The van der Waals surface area contributed by atoms with E-state index in [1.165, 1.54) is 0 Å². The number of carbonyl (C=O) groups is 1. The number of benzene rings is 1. The first-order valence-corrected chi connectivity index (χ1v) is 4.53. The van der Waals surface area contributed by atoms with Crippen molar-refractivity contribution in [2.45, 2.75) is 6.42 Å². The van der Waals surface area contributed by atoms with Crippen LogP contribution in [0.1, 0.15) is 5.69 Å². The van der Waals surface area contributed by atoms with Gasteiger partial charge >= 0.3 is 5.97 Å². The van der Waals surface area contributed by atoms with Gasteiger partial charge in [0.25, 0.3) is 0 Å². The smallest absolute Gasteiger partial charge is 0.309 e. The van der Waals surface area contributed by atoms with Crippen LogP contribution in [0.2, 0.25) is 0 Å². The van der Waals surface area contributed by atoms with Crippen molar-refractivity contribution in [3.05, 3.63) is 36.0 Å². The number of nitrogens with two attached hydrogens (primary N) is 1. The van der Waals surface area contributed by atoms with Gasteiger partial charge in [0.05, 0.1) is 23.3 Å². The first-order chi connectivity index (χ1) is 7.16. The van der Waals surface area contributed by atoms with Crippen LogP contribution in [0, 0.1) is 0 Å². The maximum Gasteiger partial charge on any atom is 0.309 e. The molecule has 0 saturated heterocycles. The number of hydrogen-bond donors (Lipinski definition) is 2. The van der Waals surface area contributed by atoms with Crippen molar-refractivity contribution in [2.24, 2.45) is 0 Å². The monoisotopic (exact) mass is 202 g/mol.